The Bertz CT molecular complexity index is 936. The zero-order valence-electron chi connectivity index (χ0n) is 15.8. The molecule has 0 atom stereocenters. The highest BCUT2D eigenvalue weighted by Crippen LogP contribution is 2.33. The summed E-state index contributed by atoms with van der Waals surface area (Å²) in [6.45, 7) is 5.82. The van der Waals surface area contributed by atoms with E-state index in [1.165, 1.54) is 11.3 Å². The highest BCUT2D eigenvalue weighted by Gasteiger charge is 2.15. The second-order valence-electron chi connectivity index (χ2n) is 6.29. The summed E-state index contributed by atoms with van der Waals surface area (Å²) >= 11 is 1.46. The van der Waals surface area contributed by atoms with Crippen LogP contribution in [0.5, 0.6) is 11.5 Å². The molecule has 0 unspecified atom stereocenters. The largest absolute Gasteiger partial charge is 0.493 e. The Kier molecular flexibility index (Phi) is 5.76. The molecular formula is C21H22N2O3S. The van der Waals surface area contributed by atoms with Gasteiger partial charge in [0.25, 0.3) is 5.91 Å². The van der Waals surface area contributed by atoms with Crippen molar-refractivity contribution in [2.45, 2.75) is 26.9 Å². The molecule has 0 saturated carbocycles. The maximum atomic E-state index is 12.6. The van der Waals surface area contributed by atoms with Crippen LogP contribution in [-0.4, -0.2) is 24.1 Å². The molecular weight excluding hydrogens is 360 g/mol. The topological polar surface area (TPSA) is 60.5 Å². The predicted octanol–water partition coefficient (Wildman–Crippen LogP) is 5.17. The van der Waals surface area contributed by atoms with Crippen LogP contribution in [0.3, 0.4) is 0 Å². The zero-order valence-corrected chi connectivity index (χ0v) is 16.6. The third-order valence-corrected chi connectivity index (χ3v) is 4.96. The molecule has 3 aromatic rings. The summed E-state index contributed by atoms with van der Waals surface area (Å²) in [4.78, 5) is 18.2. The number of benzene rings is 2. The third-order valence-electron chi connectivity index (χ3n) is 3.84. The predicted molar refractivity (Wildman–Crippen MR) is 109 cm³/mol. The highest BCUT2D eigenvalue weighted by molar-refractivity contribution is 7.19. The van der Waals surface area contributed by atoms with Gasteiger partial charge in [-0.2, -0.15) is 0 Å². The lowest BCUT2D eigenvalue weighted by Gasteiger charge is -2.14. The van der Waals surface area contributed by atoms with Gasteiger partial charge in [-0.1, -0.05) is 41.7 Å². The molecule has 0 aliphatic carbocycles. The number of carbonyl (C=O) groups excluding carboxylic acids is 1. The Balaban J connectivity index is 1.80. The summed E-state index contributed by atoms with van der Waals surface area (Å²) in [5.74, 6) is 0.898. The summed E-state index contributed by atoms with van der Waals surface area (Å²) in [6, 6.07) is 15.1. The van der Waals surface area contributed by atoms with Crippen molar-refractivity contribution in [3.05, 3.63) is 59.8 Å². The summed E-state index contributed by atoms with van der Waals surface area (Å²) in [6.07, 6.45) is 0.0216. The Hall–Kier alpha value is -2.86. The van der Waals surface area contributed by atoms with Crippen molar-refractivity contribution in [2.24, 2.45) is 0 Å². The molecule has 0 radical (unpaired) electrons. The van der Waals surface area contributed by atoms with Gasteiger partial charge in [0.05, 0.1) is 23.8 Å². The average molecular weight is 382 g/mol. The first-order valence-corrected chi connectivity index (χ1v) is 9.48. The monoisotopic (exact) mass is 382 g/mol. The fourth-order valence-electron chi connectivity index (χ4n) is 2.64. The standard InChI is InChI=1S/C21H22N2O3S/c1-13(2)26-17-11-10-16(12-18(17)25-4)20(24)23-21-22-14(3)19(27-21)15-8-6-5-7-9-15/h5-13H,1-4H3,(H,22,23,24). The Morgan fingerprint density at radius 2 is 1.85 bits per heavy atom. The lowest BCUT2D eigenvalue weighted by Crippen LogP contribution is -2.12. The van der Waals surface area contributed by atoms with E-state index in [4.69, 9.17) is 9.47 Å². The maximum Gasteiger partial charge on any atom is 0.257 e. The molecule has 0 fully saturated rings. The van der Waals surface area contributed by atoms with Crippen LogP contribution >= 0.6 is 11.3 Å². The fraction of sp³-hybridized carbons (Fsp3) is 0.238. The van der Waals surface area contributed by atoms with Gasteiger partial charge in [0, 0.05) is 5.56 Å². The molecule has 0 spiro atoms. The normalized spacial score (nSPS) is 10.7. The minimum atomic E-state index is -0.238. The second-order valence-corrected chi connectivity index (χ2v) is 7.29. The number of ether oxygens (including phenoxy) is 2. The maximum absolute atomic E-state index is 12.6. The van der Waals surface area contributed by atoms with Gasteiger partial charge in [0.1, 0.15) is 0 Å². The second kappa shape index (κ2) is 8.22. The van der Waals surface area contributed by atoms with Crippen molar-refractivity contribution >= 4 is 22.4 Å². The number of aryl methyl sites for hydroxylation is 1. The van der Waals surface area contributed by atoms with E-state index in [0.717, 1.165) is 16.1 Å². The Morgan fingerprint density at radius 1 is 1.11 bits per heavy atom. The van der Waals surface area contributed by atoms with Crippen molar-refractivity contribution < 1.29 is 14.3 Å². The Labute approximate surface area is 163 Å². The van der Waals surface area contributed by atoms with Gasteiger partial charge in [-0.15, -0.1) is 0 Å². The molecule has 0 aliphatic rings. The van der Waals surface area contributed by atoms with Crippen LogP contribution < -0.4 is 14.8 Å². The number of hydrogen-bond donors (Lipinski definition) is 1. The van der Waals surface area contributed by atoms with Crippen LogP contribution in [0.1, 0.15) is 29.9 Å². The number of methoxy groups -OCH3 is 1. The van der Waals surface area contributed by atoms with Crippen LogP contribution in [0.4, 0.5) is 5.13 Å². The molecule has 0 bridgehead atoms. The number of aromatic nitrogens is 1. The molecule has 6 heteroatoms. The molecule has 140 valence electrons. The molecule has 1 amide bonds. The average Bonchev–Trinajstić information content (AvgIpc) is 3.02. The van der Waals surface area contributed by atoms with Crippen molar-refractivity contribution in [1.29, 1.82) is 0 Å². The quantitative estimate of drug-likeness (QED) is 0.639. The fourth-order valence-corrected chi connectivity index (χ4v) is 3.60. The number of rotatable bonds is 6. The smallest absolute Gasteiger partial charge is 0.257 e. The van der Waals surface area contributed by atoms with E-state index in [9.17, 15) is 4.79 Å². The van der Waals surface area contributed by atoms with Gasteiger partial charge < -0.3 is 9.47 Å². The van der Waals surface area contributed by atoms with Crippen LogP contribution in [0.25, 0.3) is 10.4 Å². The summed E-state index contributed by atoms with van der Waals surface area (Å²) in [5, 5.41) is 3.44. The van der Waals surface area contributed by atoms with Gasteiger partial charge in [0.2, 0.25) is 0 Å². The third kappa shape index (κ3) is 4.46. The van der Waals surface area contributed by atoms with Gasteiger partial charge in [-0.25, -0.2) is 4.98 Å². The van der Waals surface area contributed by atoms with Gasteiger partial charge >= 0.3 is 0 Å². The van der Waals surface area contributed by atoms with E-state index >= 15 is 0 Å². The van der Waals surface area contributed by atoms with E-state index in [1.54, 1.807) is 25.3 Å². The zero-order chi connectivity index (χ0) is 19.4. The molecule has 0 aliphatic heterocycles. The summed E-state index contributed by atoms with van der Waals surface area (Å²) in [5.41, 5.74) is 2.46. The molecule has 0 saturated heterocycles. The SMILES string of the molecule is COc1cc(C(=O)Nc2nc(C)c(-c3ccccc3)s2)ccc1OC(C)C. The first kappa shape index (κ1) is 18.9. The highest BCUT2D eigenvalue weighted by atomic mass is 32.1. The molecule has 5 nitrogen and oxygen atoms in total. The van der Waals surface area contributed by atoms with E-state index in [-0.39, 0.29) is 12.0 Å². The number of hydrogen-bond acceptors (Lipinski definition) is 5. The van der Waals surface area contributed by atoms with Crippen molar-refractivity contribution in [2.75, 3.05) is 12.4 Å². The van der Waals surface area contributed by atoms with Crippen LogP contribution in [-0.2, 0) is 0 Å². The van der Waals surface area contributed by atoms with Crippen LogP contribution in [0.2, 0.25) is 0 Å². The lowest BCUT2D eigenvalue weighted by atomic mass is 10.2. The first-order chi connectivity index (χ1) is 13.0. The summed E-state index contributed by atoms with van der Waals surface area (Å²) in [7, 11) is 1.56. The van der Waals surface area contributed by atoms with Gasteiger partial charge in [-0.05, 0) is 44.5 Å². The molecule has 1 N–H and O–H groups in total. The van der Waals surface area contributed by atoms with Gasteiger partial charge in [-0.3, -0.25) is 10.1 Å². The molecule has 1 aromatic heterocycles. The molecule has 1 heterocycles. The van der Waals surface area contributed by atoms with Crippen molar-refractivity contribution in [1.82, 2.24) is 4.98 Å². The van der Waals surface area contributed by atoms with Crippen molar-refractivity contribution in [3.8, 4) is 21.9 Å². The lowest BCUT2D eigenvalue weighted by molar-refractivity contribution is 0.102. The minimum absolute atomic E-state index is 0.0216. The number of nitrogens with zero attached hydrogens (tertiary/aromatic N) is 1. The van der Waals surface area contributed by atoms with Gasteiger partial charge in [0.15, 0.2) is 16.6 Å². The minimum Gasteiger partial charge on any atom is -0.493 e. The molecule has 3 rings (SSSR count). The van der Waals surface area contributed by atoms with E-state index in [2.05, 4.69) is 10.3 Å². The van der Waals surface area contributed by atoms with E-state index in [0.29, 0.717) is 22.2 Å². The number of thiazole rings is 1. The first-order valence-electron chi connectivity index (χ1n) is 8.67. The van der Waals surface area contributed by atoms with E-state index in [1.807, 2.05) is 51.1 Å². The van der Waals surface area contributed by atoms with Crippen LogP contribution in [0.15, 0.2) is 48.5 Å². The molecule has 27 heavy (non-hydrogen) atoms. The number of amides is 1. The number of nitrogens with one attached hydrogen (secondary N) is 1. The number of anilines is 1. The Morgan fingerprint density at radius 3 is 2.52 bits per heavy atom. The van der Waals surface area contributed by atoms with Crippen LogP contribution in [0, 0.1) is 6.92 Å². The van der Waals surface area contributed by atoms with E-state index < -0.39 is 0 Å². The number of carbonyl (C=O) groups is 1. The summed E-state index contributed by atoms with van der Waals surface area (Å²) < 4.78 is 11.0. The van der Waals surface area contributed by atoms with Crippen molar-refractivity contribution in [3.63, 3.8) is 0 Å². The molecule has 2 aromatic carbocycles.